The highest BCUT2D eigenvalue weighted by Crippen LogP contribution is 2.35. The number of thioether (sulfide) groups is 1. The van der Waals surface area contributed by atoms with Gasteiger partial charge < -0.3 is 14.8 Å². The summed E-state index contributed by atoms with van der Waals surface area (Å²) in [6.07, 6.45) is 1.10. The van der Waals surface area contributed by atoms with Gasteiger partial charge in [0, 0.05) is 34.7 Å². The molecule has 1 amide bonds. The molecule has 6 heteroatoms. The van der Waals surface area contributed by atoms with Crippen molar-refractivity contribution >= 4 is 29.0 Å². The fourth-order valence-electron chi connectivity index (χ4n) is 2.79. The molecule has 2 aromatic rings. The highest BCUT2D eigenvalue weighted by Gasteiger charge is 2.22. The first-order valence-corrected chi connectivity index (χ1v) is 10.5. The number of hydrogen-bond donors (Lipinski definition) is 1. The number of amides is 1. The summed E-state index contributed by atoms with van der Waals surface area (Å²) in [7, 11) is 0. The van der Waals surface area contributed by atoms with Crippen molar-refractivity contribution in [3.8, 4) is 11.5 Å². The van der Waals surface area contributed by atoms with Gasteiger partial charge in [0.15, 0.2) is 0 Å². The van der Waals surface area contributed by atoms with E-state index >= 15 is 0 Å². The number of hydrogen-bond acceptors (Lipinski definition) is 5. The number of ether oxygens (including phenoxy) is 2. The molecule has 134 valence electrons. The number of fused-ring (bicyclic) bond motifs is 1. The maximum absolute atomic E-state index is 12.1. The molecule has 1 atom stereocenters. The van der Waals surface area contributed by atoms with Crippen molar-refractivity contribution in [3.05, 3.63) is 45.6 Å². The molecule has 0 bridgehead atoms. The van der Waals surface area contributed by atoms with Gasteiger partial charge in [-0.25, -0.2) is 0 Å². The average molecular weight is 378 g/mol. The van der Waals surface area contributed by atoms with E-state index in [1.807, 2.05) is 19.1 Å². The van der Waals surface area contributed by atoms with Crippen LogP contribution >= 0.6 is 23.1 Å². The number of nitrogens with one attached hydrogen (secondary N) is 1. The fourth-order valence-corrected chi connectivity index (χ4v) is 4.49. The summed E-state index contributed by atoms with van der Waals surface area (Å²) in [6.45, 7) is 5.09. The van der Waals surface area contributed by atoms with Crippen LogP contribution in [-0.2, 0) is 23.5 Å². The van der Waals surface area contributed by atoms with Gasteiger partial charge in [0.05, 0.1) is 12.4 Å². The largest absolute Gasteiger partial charge is 0.494 e. The van der Waals surface area contributed by atoms with E-state index in [2.05, 4.69) is 29.8 Å². The van der Waals surface area contributed by atoms with E-state index in [-0.39, 0.29) is 12.0 Å². The lowest BCUT2D eigenvalue weighted by molar-refractivity contribution is -0.118. The first-order chi connectivity index (χ1) is 12.2. The molecule has 25 heavy (non-hydrogen) atoms. The molecule has 1 aliphatic heterocycles. The van der Waals surface area contributed by atoms with E-state index < -0.39 is 0 Å². The molecule has 0 spiro atoms. The molecule has 1 aromatic heterocycles. The van der Waals surface area contributed by atoms with E-state index in [0.29, 0.717) is 18.9 Å². The second-order valence-electron chi connectivity index (χ2n) is 5.98. The summed E-state index contributed by atoms with van der Waals surface area (Å²) in [4.78, 5) is 13.4. The second-order valence-corrected chi connectivity index (χ2v) is 8.00. The Hall–Kier alpha value is -1.66. The molecule has 1 N–H and O–H groups in total. The van der Waals surface area contributed by atoms with Crippen LogP contribution in [0.3, 0.4) is 0 Å². The van der Waals surface area contributed by atoms with Gasteiger partial charge in [0.1, 0.15) is 17.6 Å². The van der Waals surface area contributed by atoms with Crippen molar-refractivity contribution in [2.75, 3.05) is 12.4 Å². The Labute approximate surface area is 156 Å². The van der Waals surface area contributed by atoms with Crippen molar-refractivity contribution < 1.29 is 14.3 Å². The molecule has 3 rings (SSSR count). The average Bonchev–Trinajstić information content (AvgIpc) is 3.21. The fraction of sp³-hybridized carbons (Fsp3) is 0.421. The SMILES string of the molecule is CCOc1cc2c(cc1CNC(=O)CSCc1cccs1)O[C@@H](C)C2. The third-order valence-corrected chi connectivity index (χ3v) is 5.95. The van der Waals surface area contributed by atoms with Gasteiger partial charge in [0.2, 0.25) is 5.91 Å². The monoisotopic (exact) mass is 377 g/mol. The molecule has 0 unspecified atom stereocenters. The van der Waals surface area contributed by atoms with Gasteiger partial charge in [-0.2, -0.15) is 0 Å². The van der Waals surface area contributed by atoms with E-state index in [4.69, 9.17) is 9.47 Å². The molecule has 0 radical (unpaired) electrons. The standard InChI is InChI=1S/C19H23NO3S2/c1-3-22-17-8-14-7-13(2)23-18(14)9-15(17)10-20-19(21)12-24-11-16-5-4-6-25-16/h4-6,8-9,13H,3,7,10-12H2,1-2H3,(H,20,21)/t13-/m0/s1. The summed E-state index contributed by atoms with van der Waals surface area (Å²) < 4.78 is 11.6. The van der Waals surface area contributed by atoms with Gasteiger partial charge in [-0.15, -0.1) is 23.1 Å². The Balaban J connectivity index is 1.54. The Bertz CT molecular complexity index is 716. The van der Waals surface area contributed by atoms with Crippen LogP contribution in [0, 0.1) is 0 Å². The highest BCUT2D eigenvalue weighted by atomic mass is 32.2. The first-order valence-electron chi connectivity index (χ1n) is 8.47. The van der Waals surface area contributed by atoms with E-state index in [1.165, 1.54) is 10.4 Å². The predicted molar refractivity (Wildman–Crippen MR) is 104 cm³/mol. The lowest BCUT2D eigenvalue weighted by Crippen LogP contribution is -2.25. The molecular formula is C19H23NO3S2. The van der Waals surface area contributed by atoms with Crippen LogP contribution in [0.25, 0.3) is 0 Å². The summed E-state index contributed by atoms with van der Waals surface area (Å²) >= 11 is 3.35. The number of carbonyl (C=O) groups is 1. The van der Waals surface area contributed by atoms with Crippen LogP contribution in [0.15, 0.2) is 29.6 Å². The van der Waals surface area contributed by atoms with E-state index in [0.717, 1.165) is 29.2 Å². The number of rotatable bonds is 8. The second kappa shape index (κ2) is 8.63. The third-order valence-electron chi connectivity index (χ3n) is 3.91. The van der Waals surface area contributed by atoms with Gasteiger partial charge in [-0.1, -0.05) is 6.07 Å². The smallest absolute Gasteiger partial charge is 0.230 e. The van der Waals surface area contributed by atoms with Crippen LogP contribution < -0.4 is 14.8 Å². The Kier molecular flexibility index (Phi) is 6.26. The quantitative estimate of drug-likeness (QED) is 0.755. The summed E-state index contributed by atoms with van der Waals surface area (Å²) in [6, 6.07) is 8.18. The zero-order valence-electron chi connectivity index (χ0n) is 14.5. The molecule has 0 fully saturated rings. The molecule has 0 saturated carbocycles. The van der Waals surface area contributed by atoms with Crippen LogP contribution in [0.4, 0.5) is 0 Å². The first kappa shape index (κ1) is 18.1. The normalized spacial score (nSPS) is 15.5. The van der Waals surface area contributed by atoms with Gasteiger partial charge >= 0.3 is 0 Å². The van der Waals surface area contributed by atoms with Crippen LogP contribution in [-0.4, -0.2) is 24.4 Å². The van der Waals surface area contributed by atoms with Crippen molar-refractivity contribution in [1.29, 1.82) is 0 Å². The van der Waals surface area contributed by atoms with E-state index in [1.54, 1.807) is 23.1 Å². The molecule has 0 aliphatic carbocycles. The summed E-state index contributed by atoms with van der Waals surface area (Å²) in [5, 5.41) is 5.05. The van der Waals surface area contributed by atoms with Crippen LogP contribution in [0.2, 0.25) is 0 Å². The minimum atomic E-state index is 0.0405. The third kappa shape index (κ3) is 4.92. The molecule has 1 aromatic carbocycles. The van der Waals surface area contributed by atoms with Crippen LogP contribution in [0.1, 0.15) is 29.9 Å². The van der Waals surface area contributed by atoms with Crippen molar-refractivity contribution in [1.82, 2.24) is 5.32 Å². The van der Waals surface area contributed by atoms with Crippen molar-refractivity contribution in [2.24, 2.45) is 0 Å². The topological polar surface area (TPSA) is 47.6 Å². The Morgan fingerprint density at radius 2 is 2.36 bits per heavy atom. The Morgan fingerprint density at radius 3 is 3.12 bits per heavy atom. The lowest BCUT2D eigenvalue weighted by atomic mass is 10.1. The number of benzene rings is 1. The number of carbonyl (C=O) groups excluding carboxylic acids is 1. The lowest BCUT2D eigenvalue weighted by Gasteiger charge is -2.13. The van der Waals surface area contributed by atoms with Crippen LogP contribution in [0.5, 0.6) is 11.5 Å². The molecule has 0 saturated heterocycles. The van der Waals surface area contributed by atoms with Gasteiger partial charge in [0.25, 0.3) is 0 Å². The Morgan fingerprint density at radius 1 is 1.48 bits per heavy atom. The van der Waals surface area contributed by atoms with Gasteiger partial charge in [-0.05, 0) is 37.4 Å². The minimum absolute atomic E-state index is 0.0405. The predicted octanol–water partition coefficient (Wildman–Crippen LogP) is 4.02. The maximum atomic E-state index is 12.1. The molecular weight excluding hydrogens is 354 g/mol. The minimum Gasteiger partial charge on any atom is -0.494 e. The van der Waals surface area contributed by atoms with Gasteiger partial charge in [-0.3, -0.25) is 4.79 Å². The number of thiophene rings is 1. The highest BCUT2D eigenvalue weighted by molar-refractivity contribution is 7.99. The maximum Gasteiger partial charge on any atom is 0.230 e. The summed E-state index contributed by atoms with van der Waals surface area (Å²) in [5.74, 6) is 3.12. The summed E-state index contributed by atoms with van der Waals surface area (Å²) in [5.41, 5.74) is 2.14. The van der Waals surface area contributed by atoms with Crippen molar-refractivity contribution in [3.63, 3.8) is 0 Å². The zero-order valence-corrected chi connectivity index (χ0v) is 16.2. The molecule has 2 heterocycles. The van der Waals surface area contributed by atoms with Crippen molar-refractivity contribution in [2.45, 2.75) is 38.7 Å². The molecule has 4 nitrogen and oxygen atoms in total. The zero-order chi connectivity index (χ0) is 17.6. The molecule has 1 aliphatic rings. The van der Waals surface area contributed by atoms with E-state index in [9.17, 15) is 4.79 Å².